The molecule has 0 radical (unpaired) electrons. The fraction of sp³-hybridized carbons (Fsp3) is 0.111. The molecule has 0 unspecified atom stereocenters. The minimum atomic E-state index is -0.281. The molecule has 0 saturated carbocycles. The second kappa shape index (κ2) is 6.38. The number of halogens is 1. The zero-order valence-corrected chi connectivity index (χ0v) is 14.8. The van der Waals surface area contributed by atoms with Crippen LogP contribution in [0.15, 0.2) is 42.5 Å². The van der Waals surface area contributed by atoms with Crippen LogP contribution in [0.4, 0.5) is 5.13 Å². The maximum Gasteiger partial charge on any atom is 0.258 e. The van der Waals surface area contributed by atoms with Gasteiger partial charge in [0, 0.05) is 10.4 Å². The van der Waals surface area contributed by atoms with E-state index in [-0.39, 0.29) is 12.7 Å². The number of carbonyl (C=O) groups excluding carboxylic acids is 1. The van der Waals surface area contributed by atoms with Gasteiger partial charge in [0.1, 0.15) is 0 Å². The van der Waals surface area contributed by atoms with E-state index in [9.17, 15) is 4.79 Å². The van der Waals surface area contributed by atoms with Crippen molar-refractivity contribution in [1.29, 1.82) is 0 Å². The van der Waals surface area contributed by atoms with E-state index < -0.39 is 0 Å². The van der Waals surface area contributed by atoms with Crippen LogP contribution in [0.3, 0.4) is 0 Å². The Morgan fingerprint density at radius 1 is 1.20 bits per heavy atom. The number of anilines is 1. The third kappa shape index (κ3) is 3.06. The molecular formula is C18H13ClN2O3S. The molecule has 0 spiro atoms. The Hall–Kier alpha value is -2.57. The third-order valence-electron chi connectivity index (χ3n) is 3.78. The first-order chi connectivity index (χ1) is 12.1. The molecule has 2 heterocycles. The number of rotatable bonds is 3. The molecule has 0 aliphatic carbocycles. The lowest BCUT2D eigenvalue weighted by Crippen LogP contribution is -2.12. The summed E-state index contributed by atoms with van der Waals surface area (Å²) in [5.41, 5.74) is 2.13. The number of amides is 1. The van der Waals surface area contributed by atoms with Crippen LogP contribution in [0, 0.1) is 6.92 Å². The summed E-state index contributed by atoms with van der Waals surface area (Å²) < 4.78 is 10.7. The molecule has 0 atom stereocenters. The second-order valence-corrected chi connectivity index (χ2v) is 7.04. The predicted molar refractivity (Wildman–Crippen MR) is 97.8 cm³/mol. The van der Waals surface area contributed by atoms with Crippen LogP contribution in [-0.2, 0) is 0 Å². The molecule has 0 fully saturated rings. The van der Waals surface area contributed by atoms with E-state index >= 15 is 0 Å². The molecule has 2 aromatic carbocycles. The van der Waals surface area contributed by atoms with Crippen LogP contribution in [0.2, 0.25) is 5.02 Å². The average Bonchev–Trinajstić information content (AvgIpc) is 3.20. The van der Waals surface area contributed by atoms with E-state index in [1.54, 1.807) is 24.3 Å². The van der Waals surface area contributed by atoms with Crippen molar-refractivity contribution in [3.05, 3.63) is 57.9 Å². The minimum absolute atomic E-state index is 0.230. The van der Waals surface area contributed by atoms with Gasteiger partial charge in [-0.1, -0.05) is 23.7 Å². The monoisotopic (exact) mass is 372 g/mol. The number of fused-ring (bicyclic) bond motifs is 1. The van der Waals surface area contributed by atoms with Crippen LogP contribution >= 0.6 is 22.9 Å². The lowest BCUT2D eigenvalue weighted by atomic mass is 10.1. The van der Waals surface area contributed by atoms with Crippen LogP contribution in [-0.4, -0.2) is 17.7 Å². The first-order valence-corrected chi connectivity index (χ1v) is 8.74. The van der Waals surface area contributed by atoms with Crippen LogP contribution in [0.25, 0.3) is 11.3 Å². The summed E-state index contributed by atoms with van der Waals surface area (Å²) in [7, 11) is 0. The van der Waals surface area contributed by atoms with E-state index in [0.29, 0.717) is 21.5 Å². The Morgan fingerprint density at radius 2 is 2.00 bits per heavy atom. The fourth-order valence-electron chi connectivity index (χ4n) is 2.57. The highest BCUT2D eigenvalue weighted by atomic mass is 35.5. The first kappa shape index (κ1) is 15.9. The lowest BCUT2D eigenvalue weighted by Gasteiger charge is -2.03. The van der Waals surface area contributed by atoms with Gasteiger partial charge in [-0.15, -0.1) is 11.3 Å². The molecule has 1 aliphatic rings. The highest BCUT2D eigenvalue weighted by Crippen LogP contribution is 2.38. The number of carbonyl (C=O) groups is 1. The number of aryl methyl sites for hydroxylation is 1. The summed E-state index contributed by atoms with van der Waals surface area (Å²) in [4.78, 5) is 17.9. The molecule has 1 aliphatic heterocycles. The fourth-order valence-corrected chi connectivity index (χ4v) is 3.62. The molecule has 7 heteroatoms. The topological polar surface area (TPSA) is 60.5 Å². The van der Waals surface area contributed by atoms with Gasteiger partial charge in [0.15, 0.2) is 16.6 Å². The summed E-state index contributed by atoms with van der Waals surface area (Å²) in [5.74, 6) is 1.15. The molecule has 1 aromatic heterocycles. The molecule has 25 heavy (non-hydrogen) atoms. The Kier molecular flexibility index (Phi) is 4.07. The number of nitrogens with zero attached hydrogens (tertiary/aromatic N) is 1. The van der Waals surface area contributed by atoms with Crippen LogP contribution in [0.5, 0.6) is 11.5 Å². The Balaban J connectivity index is 1.60. The SMILES string of the molecule is Cc1sc(NC(=O)c2ccccc2Cl)nc1-c1ccc2c(c1)OCO2. The number of hydrogen-bond acceptors (Lipinski definition) is 5. The average molecular weight is 373 g/mol. The molecule has 0 bridgehead atoms. The Morgan fingerprint density at radius 3 is 2.84 bits per heavy atom. The maximum atomic E-state index is 12.4. The van der Waals surface area contributed by atoms with Crippen molar-refractivity contribution in [3.63, 3.8) is 0 Å². The molecule has 5 nitrogen and oxygen atoms in total. The molecular weight excluding hydrogens is 360 g/mol. The van der Waals surface area contributed by atoms with E-state index in [0.717, 1.165) is 21.9 Å². The van der Waals surface area contributed by atoms with Gasteiger partial charge in [-0.3, -0.25) is 10.1 Å². The van der Waals surface area contributed by atoms with Gasteiger partial charge in [0.25, 0.3) is 5.91 Å². The van der Waals surface area contributed by atoms with Gasteiger partial charge in [-0.2, -0.15) is 0 Å². The van der Waals surface area contributed by atoms with Gasteiger partial charge in [0.2, 0.25) is 6.79 Å². The van der Waals surface area contributed by atoms with Crippen molar-refractivity contribution in [1.82, 2.24) is 4.98 Å². The molecule has 126 valence electrons. The normalized spacial score (nSPS) is 12.2. The van der Waals surface area contributed by atoms with Gasteiger partial charge >= 0.3 is 0 Å². The predicted octanol–water partition coefficient (Wildman–Crippen LogP) is 4.75. The summed E-state index contributed by atoms with van der Waals surface area (Å²) in [5, 5.41) is 3.74. The van der Waals surface area contributed by atoms with E-state index in [2.05, 4.69) is 10.3 Å². The second-order valence-electron chi connectivity index (χ2n) is 5.43. The van der Waals surface area contributed by atoms with Crippen molar-refractivity contribution in [2.45, 2.75) is 6.92 Å². The first-order valence-electron chi connectivity index (χ1n) is 7.55. The number of thiazole rings is 1. The standard InChI is InChI=1S/C18H13ClN2O3S/c1-10-16(11-6-7-14-15(8-11)24-9-23-14)20-18(25-10)21-17(22)12-4-2-3-5-13(12)19/h2-8H,9H2,1H3,(H,20,21,22). The number of nitrogens with one attached hydrogen (secondary N) is 1. The molecule has 1 amide bonds. The zero-order valence-electron chi connectivity index (χ0n) is 13.2. The van der Waals surface area contributed by atoms with Crippen LogP contribution < -0.4 is 14.8 Å². The molecule has 1 N–H and O–H groups in total. The Bertz CT molecular complexity index is 971. The number of benzene rings is 2. The Labute approximate surface area is 153 Å². The highest BCUT2D eigenvalue weighted by Gasteiger charge is 2.18. The summed E-state index contributed by atoms with van der Waals surface area (Å²) in [6.45, 7) is 2.19. The van der Waals surface area contributed by atoms with Crippen LogP contribution in [0.1, 0.15) is 15.2 Å². The van der Waals surface area contributed by atoms with Crippen molar-refractivity contribution in [3.8, 4) is 22.8 Å². The lowest BCUT2D eigenvalue weighted by molar-refractivity contribution is 0.102. The van der Waals surface area contributed by atoms with Crippen molar-refractivity contribution in [2.75, 3.05) is 12.1 Å². The van der Waals surface area contributed by atoms with E-state index in [4.69, 9.17) is 21.1 Å². The van der Waals surface area contributed by atoms with Gasteiger partial charge < -0.3 is 9.47 Å². The van der Waals surface area contributed by atoms with Gasteiger partial charge in [0.05, 0.1) is 16.3 Å². The number of aromatic nitrogens is 1. The van der Waals surface area contributed by atoms with E-state index in [1.165, 1.54) is 11.3 Å². The summed E-state index contributed by atoms with van der Waals surface area (Å²) >= 11 is 7.48. The highest BCUT2D eigenvalue weighted by molar-refractivity contribution is 7.16. The smallest absolute Gasteiger partial charge is 0.258 e. The zero-order chi connectivity index (χ0) is 17.4. The quantitative estimate of drug-likeness (QED) is 0.720. The molecule has 0 saturated heterocycles. The van der Waals surface area contributed by atoms with E-state index in [1.807, 2.05) is 25.1 Å². The molecule has 3 aromatic rings. The van der Waals surface area contributed by atoms with Gasteiger partial charge in [-0.25, -0.2) is 4.98 Å². The van der Waals surface area contributed by atoms with Crippen molar-refractivity contribution in [2.24, 2.45) is 0 Å². The largest absolute Gasteiger partial charge is 0.454 e. The summed E-state index contributed by atoms with van der Waals surface area (Å²) in [6, 6.07) is 12.6. The summed E-state index contributed by atoms with van der Waals surface area (Å²) in [6.07, 6.45) is 0. The third-order valence-corrected chi connectivity index (χ3v) is 5.00. The van der Waals surface area contributed by atoms with Crippen molar-refractivity contribution >= 4 is 34.0 Å². The number of ether oxygens (including phenoxy) is 2. The van der Waals surface area contributed by atoms with Gasteiger partial charge in [-0.05, 0) is 37.3 Å². The molecule has 4 rings (SSSR count). The minimum Gasteiger partial charge on any atom is -0.454 e. The maximum absolute atomic E-state index is 12.4. The number of hydrogen-bond donors (Lipinski definition) is 1. The van der Waals surface area contributed by atoms with Crippen molar-refractivity contribution < 1.29 is 14.3 Å².